The summed E-state index contributed by atoms with van der Waals surface area (Å²) in [5.74, 6) is 0. The molecule has 6 heteroatoms. The second-order valence-electron chi connectivity index (χ2n) is 8.71. The number of benzene rings is 1. The van der Waals surface area contributed by atoms with Crippen molar-refractivity contribution >= 4 is 22.6 Å². The largest absolute Gasteiger partial charge is 0.378 e. The molecule has 0 unspecified atom stereocenters. The lowest BCUT2D eigenvalue weighted by molar-refractivity contribution is 0.320. The lowest BCUT2D eigenvalue weighted by atomic mass is 9.96. The monoisotopic (exact) mass is 431 g/mol. The van der Waals surface area contributed by atoms with Crippen LogP contribution in [0.2, 0.25) is 0 Å². The van der Waals surface area contributed by atoms with E-state index in [1.54, 1.807) is 0 Å². The normalized spacial score (nSPS) is 22.5. The highest BCUT2D eigenvalue weighted by Crippen LogP contribution is 2.48. The zero-order chi connectivity index (χ0) is 21.7. The van der Waals surface area contributed by atoms with E-state index in [2.05, 4.69) is 96.7 Å². The number of nitrogens with zero attached hydrogens (tertiary/aromatic N) is 5. The molecule has 1 saturated heterocycles. The fourth-order valence-corrected chi connectivity index (χ4v) is 5.93. The zero-order valence-electron chi connectivity index (χ0n) is 18.8. The number of fused-ring (bicyclic) bond motifs is 1. The first-order chi connectivity index (χ1) is 14.9. The van der Waals surface area contributed by atoms with Crippen LogP contribution in [0.1, 0.15) is 41.7 Å². The lowest BCUT2D eigenvalue weighted by Crippen LogP contribution is -2.28. The Hall–Kier alpha value is -2.73. The molecule has 0 bridgehead atoms. The second-order valence-corrected chi connectivity index (χ2v) is 10.1. The van der Waals surface area contributed by atoms with Crippen molar-refractivity contribution in [3.63, 3.8) is 0 Å². The maximum Gasteiger partial charge on any atom is 0.160 e. The molecule has 3 atom stereocenters. The van der Waals surface area contributed by atoms with E-state index in [-0.39, 0.29) is 12.1 Å². The van der Waals surface area contributed by atoms with Crippen molar-refractivity contribution in [3.8, 4) is 5.69 Å². The van der Waals surface area contributed by atoms with Gasteiger partial charge in [-0.2, -0.15) is 0 Å². The minimum Gasteiger partial charge on any atom is -0.378 e. The van der Waals surface area contributed by atoms with Crippen LogP contribution in [-0.2, 0) is 0 Å². The van der Waals surface area contributed by atoms with E-state index in [0.29, 0.717) is 5.25 Å². The number of aromatic nitrogens is 2. The molecule has 1 aromatic carbocycles. The smallest absolute Gasteiger partial charge is 0.160 e. The van der Waals surface area contributed by atoms with Crippen LogP contribution >= 0.6 is 11.8 Å². The van der Waals surface area contributed by atoms with Gasteiger partial charge in [0.05, 0.1) is 11.7 Å². The minimum absolute atomic E-state index is 0.0290. The van der Waals surface area contributed by atoms with Gasteiger partial charge in [-0.05, 0) is 61.9 Å². The van der Waals surface area contributed by atoms with E-state index in [1.807, 2.05) is 24.0 Å². The molecule has 2 aliphatic heterocycles. The van der Waals surface area contributed by atoms with Crippen LogP contribution in [-0.4, -0.2) is 45.5 Å². The second kappa shape index (κ2) is 7.75. The van der Waals surface area contributed by atoms with Crippen LogP contribution in [0.4, 0.5) is 5.69 Å². The van der Waals surface area contributed by atoms with Gasteiger partial charge in [-0.3, -0.25) is 9.98 Å². The van der Waals surface area contributed by atoms with Gasteiger partial charge in [0.25, 0.3) is 0 Å². The van der Waals surface area contributed by atoms with Crippen LogP contribution < -0.4 is 4.90 Å². The van der Waals surface area contributed by atoms with E-state index >= 15 is 0 Å². The quantitative estimate of drug-likeness (QED) is 0.573. The van der Waals surface area contributed by atoms with Gasteiger partial charge in [-0.1, -0.05) is 24.8 Å². The van der Waals surface area contributed by atoms with Crippen LogP contribution in [0.15, 0.2) is 59.7 Å². The number of rotatable bonds is 4. The number of hydrogen-bond donors (Lipinski definition) is 0. The maximum absolute atomic E-state index is 5.14. The number of anilines is 1. The molecular formula is C25H29N5S. The molecule has 0 amide bonds. The number of aliphatic imine (C=N–C) groups is 1. The number of hydrogen-bond acceptors (Lipinski definition) is 5. The Morgan fingerprint density at radius 2 is 1.84 bits per heavy atom. The molecule has 2 aliphatic rings. The Labute approximate surface area is 188 Å². The SMILES string of the molecule is Cc1cc([C@@H]2[C@@H](c3ccccn3)N=C3S[C@@H](C)CN32)c(C)n1-c1ccc(N(C)C)cc1. The molecule has 0 radical (unpaired) electrons. The van der Waals surface area contributed by atoms with Gasteiger partial charge in [0.15, 0.2) is 5.17 Å². The van der Waals surface area contributed by atoms with Gasteiger partial charge in [0, 0.05) is 54.8 Å². The molecule has 5 nitrogen and oxygen atoms in total. The molecule has 0 aliphatic carbocycles. The first-order valence-corrected chi connectivity index (χ1v) is 11.7. The molecular weight excluding hydrogens is 402 g/mol. The van der Waals surface area contributed by atoms with Crippen molar-refractivity contribution in [1.29, 1.82) is 0 Å². The average Bonchev–Trinajstić information content (AvgIpc) is 3.38. The number of aryl methyl sites for hydroxylation is 1. The molecule has 5 rings (SSSR count). The summed E-state index contributed by atoms with van der Waals surface area (Å²) >= 11 is 1.89. The number of amidine groups is 1. The van der Waals surface area contributed by atoms with Gasteiger partial charge in [0.1, 0.15) is 6.04 Å². The predicted molar refractivity (Wildman–Crippen MR) is 130 cm³/mol. The van der Waals surface area contributed by atoms with Gasteiger partial charge >= 0.3 is 0 Å². The van der Waals surface area contributed by atoms with Crippen molar-refractivity contribution in [3.05, 3.63) is 77.4 Å². The summed E-state index contributed by atoms with van der Waals surface area (Å²) in [5.41, 5.74) is 7.32. The fourth-order valence-electron chi connectivity index (χ4n) is 4.84. The van der Waals surface area contributed by atoms with Crippen molar-refractivity contribution in [2.45, 2.75) is 38.1 Å². The van der Waals surface area contributed by atoms with Gasteiger partial charge < -0.3 is 14.4 Å². The average molecular weight is 432 g/mol. The highest BCUT2D eigenvalue weighted by Gasteiger charge is 2.44. The van der Waals surface area contributed by atoms with Crippen LogP contribution in [0.25, 0.3) is 5.69 Å². The van der Waals surface area contributed by atoms with Crippen LogP contribution in [0.5, 0.6) is 0 Å². The molecule has 2 aromatic heterocycles. The fraction of sp³-hybridized carbons (Fsp3) is 0.360. The van der Waals surface area contributed by atoms with Crippen molar-refractivity contribution in [2.24, 2.45) is 4.99 Å². The summed E-state index contributed by atoms with van der Waals surface area (Å²) in [6, 6.07) is 17.5. The Morgan fingerprint density at radius 1 is 1.06 bits per heavy atom. The Bertz CT molecular complexity index is 1120. The van der Waals surface area contributed by atoms with E-state index in [9.17, 15) is 0 Å². The number of pyridine rings is 1. The van der Waals surface area contributed by atoms with E-state index < -0.39 is 0 Å². The standard InChI is InChI=1S/C25H29N5S/c1-16-14-21(18(3)30(16)20-11-9-19(10-12-20)28(4)5)24-23(22-8-6-7-13-26-22)27-25-29(24)15-17(2)31-25/h6-14,17,23-24H,15H2,1-5H3/t17-,23+,24+/m0/s1. The van der Waals surface area contributed by atoms with E-state index in [0.717, 1.165) is 17.4 Å². The summed E-state index contributed by atoms with van der Waals surface area (Å²) in [6.45, 7) is 7.75. The summed E-state index contributed by atoms with van der Waals surface area (Å²) in [5, 5.41) is 1.72. The third kappa shape index (κ3) is 3.43. The minimum atomic E-state index is 0.0290. The van der Waals surface area contributed by atoms with Crippen LogP contribution in [0, 0.1) is 13.8 Å². The highest BCUT2D eigenvalue weighted by molar-refractivity contribution is 8.14. The summed E-state index contributed by atoms with van der Waals surface area (Å²) in [4.78, 5) is 14.4. The third-order valence-electron chi connectivity index (χ3n) is 6.29. The highest BCUT2D eigenvalue weighted by atomic mass is 32.2. The number of thioether (sulfide) groups is 1. The first-order valence-electron chi connectivity index (χ1n) is 10.8. The molecule has 160 valence electrons. The molecule has 1 fully saturated rings. The van der Waals surface area contributed by atoms with Crippen LogP contribution in [0.3, 0.4) is 0 Å². The van der Waals surface area contributed by atoms with Gasteiger partial charge in [0.2, 0.25) is 0 Å². The summed E-state index contributed by atoms with van der Waals surface area (Å²) in [7, 11) is 4.15. The molecule has 4 heterocycles. The van der Waals surface area contributed by atoms with Crippen molar-refractivity contribution in [2.75, 3.05) is 25.5 Å². The molecule has 3 aromatic rings. The molecule has 0 saturated carbocycles. The summed E-state index contributed by atoms with van der Waals surface area (Å²) in [6.07, 6.45) is 1.88. The Balaban J connectivity index is 1.58. The van der Waals surface area contributed by atoms with Gasteiger partial charge in [-0.15, -0.1) is 0 Å². The molecule has 0 N–H and O–H groups in total. The lowest BCUT2D eigenvalue weighted by Gasteiger charge is -2.27. The topological polar surface area (TPSA) is 36.7 Å². The molecule has 0 spiro atoms. The zero-order valence-corrected chi connectivity index (χ0v) is 19.6. The first kappa shape index (κ1) is 20.2. The van der Waals surface area contributed by atoms with E-state index in [1.165, 1.54) is 28.3 Å². The van der Waals surface area contributed by atoms with Gasteiger partial charge in [-0.25, -0.2) is 0 Å². The third-order valence-corrected chi connectivity index (χ3v) is 7.40. The Morgan fingerprint density at radius 3 is 2.52 bits per heavy atom. The molecule has 31 heavy (non-hydrogen) atoms. The van der Waals surface area contributed by atoms with Crippen molar-refractivity contribution in [1.82, 2.24) is 14.5 Å². The van der Waals surface area contributed by atoms with E-state index in [4.69, 9.17) is 4.99 Å². The maximum atomic E-state index is 5.14. The summed E-state index contributed by atoms with van der Waals surface area (Å²) < 4.78 is 2.37. The Kier molecular flexibility index (Phi) is 5.05. The predicted octanol–water partition coefficient (Wildman–Crippen LogP) is 5.14. The van der Waals surface area contributed by atoms with Crippen molar-refractivity contribution < 1.29 is 0 Å².